The molecule has 0 amide bonds. The number of hydrogen-bond acceptors (Lipinski definition) is 3. The molecule has 27 heavy (non-hydrogen) atoms. The molecule has 0 bridgehead atoms. The van der Waals surface area contributed by atoms with Gasteiger partial charge in [0.15, 0.2) is 12.2 Å². The van der Waals surface area contributed by atoms with Crippen molar-refractivity contribution in [2.45, 2.75) is 6.54 Å². The van der Waals surface area contributed by atoms with Crippen molar-refractivity contribution in [1.29, 1.82) is 0 Å². The van der Waals surface area contributed by atoms with E-state index in [4.69, 9.17) is 4.74 Å². The fourth-order valence-corrected chi connectivity index (χ4v) is 3.12. The zero-order chi connectivity index (χ0) is 18.6. The van der Waals surface area contributed by atoms with E-state index in [1.165, 1.54) is 10.8 Å². The van der Waals surface area contributed by atoms with E-state index in [0.29, 0.717) is 5.56 Å². The highest BCUT2D eigenvalue weighted by atomic mass is 16.5. The van der Waals surface area contributed by atoms with Crippen molar-refractivity contribution in [3.8, 4) is 17.0 Å². The van der Waals surface area contributed by atoms with Gasteiger partial charge >= 0.3 is 0 Å². The first-order valence-corrected chi connectivity index (χ1v) is 8.75. The average Bonchev–Trinajstić information content (AvgIpc) is 2.74. The molecular weight excluding hydrogens is 336 g/mol. The summed E-state index contributed by atoms with van der Waals surface area (Å²) < 4.78 is 6.92. The molecule has 4 nitrogen and oxygen atoms in total. The topological polar surface area (TPSA) is 43.1 Å². The molecule has 0 aliphatic rings. The van der Waals surface area contributed by atoms with Crippen molar-refractivity contribution in [2.75, 3.05) is 7.11 Å². The van der Waals surface area contributed by atoms with Gasteiger partial charge in [0.2, 0.25) is 5.78 Å². The highest BCUT2D eigenvalue weighted by Gasteiger charge is 2.13. The molecule has 0 aliphatic heterocycles. The Balaban J connectivity index is 1.55. The standard InChI is InChI=1S/C23H19N2O2/c1-27-19-11-9-18(10-12-19)23(26)15-25-14-13-22(24-16-25)21-8-4-6-17-5-2-3-7-20(17)21/h2-14,16H,15H2,1H3/q+1. The Bertz CT molecular complexity index is 1080. The van der Waals surface area contributed by atoms with Gasteiger partial charge < -0.3 is 4.74 Å². The molecule has 0 unspecified atom stereocenters. The number of aromatic nitrogens is 2. The molecule has 1 aromatic heterocycles. The van der Waals surface area contributed by atoms with Gasteiger partial charge in [0, 0.05) is 17.2 Å². The van der Waals surface area contributed by atoms with Gasteiger partial charge in [0.1, 0.15) is 5.75 Å². The Labute approximate surface area is 157 Å². The number of rotatable bonds is 5. The maximum absolute atomic E-state index is 12.5. The Kier molecular flexibility index (Phi) is 4.62. The Hall–Kier alpha value is -3.53. The number of nitrogens with zero attached hydrogens (tertiary/aromatic N) is 2. The lowest BCUT2D eigenvalue weighted by Gasteiger charge is -2.04. The first kappa shape index (κ1) is 16.9. The molecule has 1 heterocycles. The highest BCUT2D eigenvalue weighted by Crippen LogP contribution is 2.26. The van der Waals surface area contributed by atoms with Gasteiger partial charge in [-0.15, -0.1) is 0 Å². The molecule has 0 spiro atoms. The predicted molar refractivity (Wildman–Crippen MR) is 105 cm³/mol. The van der Waals surface area contributed by atoms with E-state index in [0.717, 1.165) is 17.0 Å². The Morgan fingerprint density at radius 1 is 0.963 bits per heavy atom. The van der Waals surface area contributed by atoms with E-state index < -0.39 is 0 Å². The van der Waals surface area contributed by atoms with E-state index in [1.807, 2.05) is 30.5 Å². The first-order chi connectivity index (χ1) is 13.2. The van der Waals surface area contributed by atoms with Crippen LogP contribution >= 0.6 is 0 Å². The molecular formula is C23H19N2O2+. The molecule has 0 fully saturated rings. The third-order valence-corrected chi connectivity index (χ3v) is 4.57. The molecule has 4 aromatic rings. The normalized spacial score (nSPS) is 10.7. The fourth-order valence-electron chi connectivity index (χ4n) is 3.12. The molecule has 4 rings (SSSR count). The zero-order valence-corrected chi connectivity index (χ0v) is 15.0. The van der Waals surface area contributed by atoms with Crippen LogP contribution in [0.25, 0.3) is 22.0 Å². The van der Waals surface area contributed by atoms with Crippen molar-refractivity contribution >= 4 is 16.6 Å². The largest absolute Gasteiger partial charge is 0.497 e. The van der Waals surface area contributed by atoms with Crippen LogP contribution in [0.4, 0.5) is 0 Å². The molecule has 0 saturated heterocycles. The van der Waals surface area contributed by atoms with Gasteiger partial charge in [-0.25, -0.2) is 4.57 Å². The van der Waals surface area contributed by atoms with Crippen molar-refractivity contribution < 1.29 is 14.1 Å². The minimum absolute atomic E-state index is 0.0300. The summed E-state index contributed by atoms with van der Waals surface area (Å²) in [5.74, 6) is 0.766. The number of carbonyl (C=O) groups excluding carboxylic acids is 1. The molecule has 3 aromatic carbocycles. The van der Waals surface area contributed by atoms with E-state index in [2.05, 4.69) is 29.2 Å². The molecule has 0 atom stereocenters. The summed E-state index contributed by atoms with van der Waals surface area (Å²) >= 11 is 0. The number of ketones is 1. The fraction of sp³-hybridized carbons (Fsp3) is 0.0870. The summed E-state index contributed by atoms with van der Waals surface area (Å²) in [7, 11) is 1.61. The van der Waals surface area contributed by atoms with Crippen molar-refractivity contribution in [1.82, 2.24) is 4.98 Å². The summed E-state index contributed by atoms with van der Waals surface area (Å²) in [6, 6.07) is 23.5. The molecule has 0 aliphatic carbocycles. The van der Waals surface area contributed by atoms with Crippen LogP contribution in [-0.4, -0.2) is 17.9 Å². The van der Waals surface area contributed by atoms with Gasteiger partial charge in [0.05, 0.1) is 13.3 Å². The molecule has 0 N–H and O–H groups in total. The van der Waals surface area contributed by atoms with E-state index in [-0.39, 0.29) is 12.3 Å². The van der Waals surface area contributed by atoms with Crippen LogP contribution in [0, 0.1) is 0 Å². The molecule has 4 heteroatoms. The monoisotopic (exact) mass is 355 g/mol. The van der Waals surface area contributed by atoms with Gasteiger partial charge in [-0.3, -0.25) is 4.79 Å². The number of benzene rings is 3. The molecule has 0 radical (unpaired) electrons. The van der Waals surface area contributed by atoms with E-state index in [1.54, 1.807) is 42.3 Å². The van der Waals surface area contributed by atoms with Gasteiger partial charge in [-0.2, -0.15) is 0 Å². The van der Waals surface area contributed by atoms with E-state index >= 15 is 0 Å². The van der Waals surface area contributed by atoms with Crippen molar-refractivity contribution in [3.05, 3.63) is 90.9 Å². The quantitative estimate of drug-likeness (QED) is 0.400. The lowest BCUT2D eigenvalue weighted by molar-refractivity contribution is -0.686. The second kappa shape index (κ2) is 7.38. The summed E-state index contributed by atoms with van der Waals surface area (Å²) in [5, 5.41) is 2.35. The number of hydrogen-bond donors (Lipinski definition) is 0. The smallest absolute Gasteiger partial charge is 0.287 e. The summed E-state index contributed by atoms with van der Waals surface area (Å²) in [6.45, 7) is 0.245. The number of Topliss-reactive ketones (excluding diaryl/α,β-unsaturated/α-hetero) is 1. The van der Waals surface area contributed by atoms with Gasteiger partial charge in [-0.1, -0.05) is 36.4 Å². The lowest BCUT2D eigenvalue weighted by Crippen LogP contribution is -2.37. The predicted octanol–water partition coefficient (Wildman–Crippen LogP) is 4.08. The van der Waals surface area contributed by atoms with Gasteiger partial charge in [-0.05, 0) is 46.1 Å². The minimum Gasteiger partial charge on any atom is -0.497 e. The van der Waals surface area contributed by atoms with Crippen LogP contribution in [-0.2, 0) is 6.54 Å². The zero-order valence-electron chi connectivity index (χ0n) is 15.0. The van der Waals surface area contributed by atoms with Crippen molar-refractivity contribution in [3.63, 3.8) is 0 Å². The number of carbonyl (C=O) groups is 1. The second-order valence-corrected chi connectivity index (χ2v) is 6.30. The van der Waals surface area contributed by atoms with Crippen LogP contribution in [0.5, 0.6) is 5.75 Å². The minimum atomic E-state index is 0.0300. The Morgan fingerprint density at radius 2 is 1.74 bits per heavy atom. The lowest BCUT2D eigenvalue weighted by atomic mass is 10.0. The maximum Gasteiger partial charge on any atom is 0.287 e. The van der Waals surface area contributed by atoms with Crippen LogP contribution in [0.1, 0.15) is 10.4 Å². The highest BCUT2D eigenvalue weighted by molar-refractivity contribution is 5.96. The van der Waals surface area contributed by atoms with Crippen LogP contribution < -0.4 is 9.30 Å². The van der Waals surface area contributed by atoms with Crippen LogP contribution in [0.2, 0.25) is 0 Å². The summed E-state index contributed by atoms with van der Waals surface area (Å²) in [5.41, 5.74) is 2.63. The maximum atomic E-state index is 12.5. The average molecular weight is 355 g/mol. The van der Waals surface area contributed by atoms with E-state index in [9.17, 15) is 4.79 Å². The van der Waals surface area contributed by atoms with Crippen molar-refractivity contribution in [2.24, 2.45) is 0 Å². The van der Waals surface area contributed by atoms with Crippen LogP contribution in [0.3, 0.4) is 0 Å². The Morgan fingerprint density at radius 3 is 2.48 bits per heavy atom. The second-order valence-electron chi connectivity index (χ2n) is 6.30. The van der Waals surface area contributed by atoms with Gasteiger partial charge in [0.25, 0.3) is 6.33 Å². The number of ether oxygens (including phenoxy) is 1. The number of fused-ring (bicyclic) bond motifs is 1. The third kappa shape index (κ3) is 3.55. The first-order valence-electron chi connectivity index (χ1n) is 8.75. The SMILES string of the molecule is COc1ccc(C(=O)C[n+]2ccc(-c3cccc4ccccc34)nc2)cc1. The molecule has 0 saturated carbocycles. The summed E-state index contributed by atoms with van der Waals surface area (Å²) in [4.78, 5) is 17.0. The third-order valence-electron chi connectivity index (χ3n) is 4.57. The summed E-state index contributed by atoms with van der Waals surface area (Å²) in [6.07, 6.45) is 3.60. The molecule has 132 valence electrons. The number of methoxy groups -OCH3 is 1. The van der Waals surface area contributed by atoms with Crippen LogP contribution in [0.15, 0.2) is 85.3 Å².